The van der Waals surface area contributed by atoms with Crippen LogP contribution in [-0.2, 0) is 4.74 Å². The topological polar surface area (TPSA) is 84.7 Å². The average Bonchev–Trinajstić information content (AvgIpc) is 3.04. The van der Waals surface area contributed by atoms with Gasteiger partial charge in [-0.1, -0.05) is 18.2 Å². The number of hydrogen-bond donors (Lipinski definition) is 1. The van der Waals surface area contributed by atoms with Crippen LogP contribution in [-0.4, -0.2) is 48.0 Å². The number of carbonyl (C=O) groups is 2. The van der Waals surface area contributed by atoms with Crippen molar-refractivity contribution in [3.63, 3.8) is 0 Å². The lowest BCUT2D eigenvalue weighted by Crippen LogP contribution is -2.40. The Balaban J connectivity index is 1.66. The van der Waals surface area contributed by atoms with Gasteiger partial charge in [0.2, 0.25) is 0 Å². The molecule has 0 unspecified atom stereocenters. The van der Waals surface area contributed by atoms with Crippen LogP contribution in [0.4, 0.5) is 6.01 Å². The van der Waals surface area contributed by atoms with Crippen LogP contribution in [0.1, 0.15) is 20.8 Å². The van der Waals surface area contributed by atoms with E-state index in [1.165, 1.54) is 6.26 Å². The van der Waals surface area contributed by atoms with Crippen molar-refractivity contribution in [2.75, 3.05) is 31.6 Å². The van der Waals surface area contributed by atoms with Crippen molar-refractivity contribution >= 4 is 17.8 Å². The number of aromatic nitrogens is 1. The average molecular weight is 301 g/mol. The molecule has 1 N–H and O–H groups in total. The fraction of sp³-hybridized carbons (Fsp3) is 0.267. The van der Waals surface area contributed by atoms with E-state index in [0.29, 0.717) is 31.9 Å². The first-order chi connectivity index (χ1) is 10.7. The van der Waals surface area contributed by atoms with Crippen molar-refractivity contribution in [3.8, 4) is 0 Å². The number of amides is 2. The zero-order valence-corrected chi connectivity index (χ0v) is 11.8. The van der Waals surface area contributed by atoms with E-state index in [1.807, 2.05) is 6.07 Å². The molecule has 0 saturated carbocycles. The first-order valence-corrected chi connectivity index (χ1v) is 6.93. The number of anilines is 1. The van der Waals surface area contributed by atoms with E-state index < -0.39 is 0 Å². The first kappa shape index (κ1) is 14.3. The van der Waals surface area contributed by atoms with Crippen LogP contribution < -0.4 is 5.32 Å². The Hall–Kier alpha value is -2.67. The Morgan fingerprint density at radius 2 is 1.86 bits per heavy atom. The van der Waals surface area contributed by atoms with Gasteiger partial charge in [-0.2, -0.15) is 4.98 Å². The van der Waals surface area contributed by atoms with Crippen molar-refractivity contribution in [2.24, 2.45) is 0 Å². The molecular weight excluding hydrogens is 286 g/mol. The van der Waals surface area contributed by atoms with E-state index in [1.54, 1.807) is 29.2 Å². The summed E-state index contributed by atoms with van der Waals surface area (Å²) in [5.74, 6) is -0.569. The third-order valence-corrected chi connectivity index (χ3v) is 3.28. The third kappa shape index (κ3) is 3.15. The molecule has 0 bridgehead atoms. The predicted octanol–water partition coefficient (Wildman–Crippen LogP) is 1.40. The highest BCUT2D eigenvalue weighted by Gasteiger charge is 2.22. The molecule has 0 aliphatic carbocycles. The molecule has 1 aromatic carbocycles. The summed E-state index contributed by atoms with van der Waals surface area (Å²) >= 11 is 0. The lowest BCUT2D eigenvalue weighted by molar-refractivity contribution is 0.0299. The van der Waals surface area contributed by atoms with Gasteiger partial charge in [-0.15, -0.1) is 0 Å². The monoisotopic (exact) mass is 301 g/mol. The number of rotatable bonds is 3. The molecule has 22 heavy (non-hydrogen) atoms. The van der Waals surface area contributed by atoms with Gasteiger partial charge in [-0.3, -0.25) is 14.9 Å². The molecule has 7 nitrogen and oxygen atoms in total. The molecule has 1 aromatic heterocycles. The lowest BCUT2D eigenvalue weighted by atomic mass is 10.2. The standard InChI is InChI=1S/C15H15N3O4/c19-13(11-4-2-1-3-5-11)17-15-16-12(10-22-15)14(20)18-6-8-21-9-7-18/h1-5,10H,6-9H2,(H,16,17,19). The number of morpholine rings is 1. The number of benzene rings is 1. The fourth-order valence-electron chi connectivity index (χ4n) is 2.12. The van der Waals surface area contributed by atoms with E-state index in [4.69, 9.17) is 9.15 Å². The zero-order chi connectivity index (χ0) is 15.4. The van der Waals surface area contributed by atoms with Crippen LogP contribution in [0.3, 0.4) is 0 Å². The summed E-state index contributed by atoms with van der Waals surface area (Å²) in [6.07, 6.45) is 1.25. The smallest absolute Gasteiger partial charge is 0.302 e. The molecule has 1 aliphatic rings. The summed E-state index contributed by atoms with van der Waals surface area (Å²) in [5.41, 5.74) is 0.659. The maximum absolute atomic E-state index is 12.2. The van der Waals surface area contributed by atoms with E-state index >= 15 is 0 Å². The second-order valence-corrected chi connectivity index (χ2v) is 4.76. The predicted molar refractivity (Wildman–Crippen MR) is 77.6 cm³/mol. The van der Waals surface area contributed by atoms with Crippen LogP contribution in [0, 0.1) is 0 Å². The van der Waals surface area contributed by atoms with Crippen molar-refractivity contribution in [1.29, 1.82) is 0 Å². The number of ether oxygens (including phenoxy) is 1. The van der Waals surface area contributed by atoms with E-state index in [2.05, 4.69) is 10.3 Å². The van der Waals surface area contributed by atoms with Crippen molar-refractivity contribution in [3.05, 3.63) is 47.9 Å². The minimum absolute atomic E-state index is 0.00506. The Morgan fingerprint density at radius 1 is 1.14 bits per heavy atom. The summed E-state index contributed by atoms with van der Waals surface area (Å²) < 4.78 is 10.3. The van der Waals surface area contributed by atoms with Gasteiger partial charge in [0.25, 0.3) is 11.8 Å². The Morgan fingerprint density at radius 3 is 2.59 bits per heavy atom. The van der Waals surface area contributed by atoms with Gasteiger partial charge in [-0.25, -0.2) is 0 Å². The van der Waals surface area contributed by atoms with E-state index in [9.17, 15) is 9.59 Å². The van der Waals surface area contributed by atoms with Gasteiger partial charge in [0, 0.05) is 18.7 Å². The quantitative estimate of drug-likeness (QED) is 0.926. The van der Waals surface area contributed by atoms with Crippen LogP contribution in [0.2, 0.25) is 0 Å². The molecule has 3 rings (SSSR count). The van der Waals surface area contributed by atoms with Crippen LogP contribution in [0.25, 0.3) is 0 Å². The first-order valence-electron chi connectivity index (χ1n) is 6.93. The molecular formula is C15H15N3O4. The third-order valence-electron chi connectivity index (χ3n) is 3.28. The molecule has 1 aliphatic heterocycles. The maximum atomic E-state index is 12.2. The van der Waals surface area contributed by atoms with Crippen molar-refractivity contribution < 1.29 is 18.7 Å². The molecule has 2 aromatic rings. The fourth-order valence-corrected chi connectivity index (χ4v) is 2.12. The van der Waals surface area contributed by atoms with Crippen LogP contribution in [0.5, 0.6) is 0 Å². The zero-order valence-electron chi connectivity index (χ0n) is 11.8. The molecule has 114 valence electrons. The number of nitrogens with zero attached hydrogens (tertiary/aromatic N) is 2. The van der Waals surface area contributed by atoms with E-state index in [0.717, 1.165) is 0 Å². The highest BCUT2D eigenvalue weighted by atomic mass is 16.5. The van der Waals surface area contributed by atoms with Crippen molar-refractivity contribution in [1.82, 2.24) is 9.88 Å². The normalized spacial score (nSPS) is 14.6. The molecule has 0 atom stereocenters. The Kier molecular flexibility index (Phi) is 4.15. The van der Waals surface area contributed by atoms with Gasteiger partial charge >= 0.3 is 6.01 Å². The minimum Gasteiger partial charge on any atom is -0.431 e. The van der Waals surface area contributed by atoms with Gasteiger partial charge in [0.15, 0.2) is 5.69 Å². The summed E-state index contributed by atoms with van der Waals surface area (Å²) in [7, 11) is 0. The van der Waals surface area contributed by atoms with Gasteiger partial charge in [0.05, 0.1) is 13.2 Å². The Bertz CT molecular complexity index is 662. The van der Waals surface area contributed by atoms with Crippen LogP contribution in [0.15, 0.2) is 41.0 Å². The second kappa shape index (κ2) is 6.40. The molecule has 0 spiro atoms. The molecule has 7 heteroatoms. The number of hydrogen-bond acceptors (Lipinski definition) is 5. The maximum Gasteiger partial charge on any atom is 0.302 e. The number of nitrogens with one attached hydrogen (secondary N) is 1. The molecule has 2 heterocycles. The van der Waals surface area contributed by atoms with Crippen molar-refractivity contribution in [2.45, 2.75) is 0 Å². The highest BCUT2D eigenvalue weighted by Crippen LogP contribution is 2.12. The highest BCUT2D eigenvalue weighted by molar-refractivity contribution is 6.03. The SMILES string of the molecule is O=C(Nc1nc(C(=O)N2CCOCC2)co1)c1ccccc1. The second-order valence-electron chi connectivity index (χ2n) is 4.76. The molecule has 1 fully saturated rings. The summed E-state index contributed by atoms with van der Waals surface area (Å²) in [6, 6.07) is 8.71. The lowest BCUT2D eigenvalue weighted by Gasteiger charge is -2.25. The van der Waals surface area contributed by atoms with Crippen LogP contribution >= 0.6 is 0 Å². The molecule has 2 amide bonds. The summed E-state index contributed by atoms with van der Waals surface area (Å²) in [4.78, 5) is 29.8. The van der Waals surface area contributed by atoms with E-state index in [-0.39, 0.29) is 23.5 Å². The van der Waals surface area contributed by atoms with Gasteiger partial charge < -0.3 is 14.1 Å². The van der Waals surface area contributed by atoms with Gasteiger partial charge in [-0.05, 0) is 12.1 Å². The Labute approximate surface area is 126 Å². The summed E-state index contributed by atoms with van der Waals surface area (Å²) in [5, 5.41) is 2.52. The number of oxazole rings is 1. The molecule has 0 radical (unpaired) electrons. The van der Waals surface area contributed by atoms with Gasteiger partial charge in [0.1, 0.15) is 6.26 Å². The summed E-state index contributed by atoms with van der Waals surface area (Å²) in [6.45, 7) is 2.08. The largest absolute Gasteiger partial charge is 0.431 e. The minimum atomic E-state index is -0.340. The molecule has 1 saturated heterocycles. The number of carbonyl (C=O) groups excluding carboxylic acids is 2.